The van der Waals surface area contributed by atoms with Crippen LogP contribution in [0.25, 0.3) is 0 Å². The van der Waals surface area contributed by atoms with Gasteiger partial charge in [0.05, 0.1) is 13.2 Å². The van der Waals surface area contributed by atoms with Gasteiger partial charge in [0.1, 0.15) is 0 Å². The van der Waals surface area contributed by atoms with Crippen molar-refractivity contribution in [3.05, 3.63) is 29.8 Å². The van der Waals surface area contributed by atoms with E-state index in [1.807, 2.05) is 24.3 Å². The molecule has 19 heavy (non-hydrogen) atoms. The average Bonchev–Trinajstić information content (AvgIpc) is 2.98. The van der Waals surface area contributed by atoms with Crippen LogP contribution in [0.3, 0.4) is 0 Å². The molecule has 2 heterocycles. The van der Waals surface area contributed by atoms with E-state index >= 15 is 0 Å². The molecule has 1 aromatic rings. The lowest BCUT2D eigenvalue weighted by atomic mass is 10.2. The lowest BCUT2D eigenvalue weighted by molar-refractivity contribution is 0.0209. The molecule has 2 saturated heterocycles. The summed E-state index contributed by atoms with van der Waals surface area (Å²) in [6.45, 7) is 5.82. The number of nitrogens with zero attached hydrogens (tertiary/aromatic N) is 2. The fourth-order valence-corrected chi connectivity index (χ4v) is 3.08. The first-order valence-corrected chi connectivity index (χ1v) is 6.99. The maximum atomic E-state index is 11.1. The molecule has 2 aliphatic rings. The first-order chi connectivity index (χ1) is 9.38. The second-order valence-electron chi connectivity index (χ2n) is 5.21. The summed E-state index contributed by atoms with van der Waals surface area (Å²) in [7, 11) is 0. The third kappa shape index (κ3) is 2.65. The van der Waals surface area contributed by atoms with Gasteiger partial charge in [0, 0.05) is 43.5 Å². The topological polar surface area (TPSA) is 32.8 Å². The highest BCUT2D eigenvalue weighted by molar-refractivity contribution is 5.84. The highest BCUT2D eigenvalue weighted by Crippen LogP contribution is 2.25. The number of carbonyl (C=O) groups is 1. The number of para-hydroxylation sites is 1. The van der Waals surface area contributed by atoms with Crippen LogP contribution >= 0.6 is 0 Å². The van der Waals surface area contributed by atoms with Gasteiger partial charge in [-0.2, -0.15) is 0 Å². The van der Waals surface area contributed by atoms with Crippen LogP contribution in [-0.4, -0.2) is 56.6 Å². The third-order valence-corrected chi connectivity index (χ3v) is 4.13. The molecule has 2 fully saturated rings. The van der Waals surface area contributed by atoms with Crippen LogP contribution in [-0.2, 0) is 4.74 Å². The van der Waals surface area contributed by atoms with Gasteiger partial charge in [-0.3, -0.25) is 9.69 Å². The Kier molecular flexibility index (Phi) is 3.80. The summed E-state index contributed by atoms with van der Waals surface area (Å²) < 4.78 is 5.41. The smallest absolute Gasteiger partial charge is 0.152 e. The molecule has 2 aliphatic heterocycles. The van der Waals surface area contributed by atoms with Gasteiger partial charge in [0.15, 0.2) is 6.29 Å². The monoisotopic (exact) mass is 260 g/mol. The van der Waals surface area contributed by atoms with E-state index in [-0.39, 0.29) is 0 Å². The molecule has 4 heteroatoms. The number of hydrogen-bond donors (Lipinski definition) is 0. The number of hydrogen-bond acceptors (Lipinski definition) is 4. The highest BCUT2D eigenvalue weighted by atomic mass is 16.5. The zero-order chi connectivity index (χ0) is 13.1. The molecular formula is C15H20N2O2. The van der Waals surface area contributed by atoms with E-state index < -0.39 is 0 Å². The molecule has 1 unspecified atom stereocenters. The zero-order valence-electron chi connectivity index (χ0n) is 11.1. The summed E-state index contributed by atoms with van der Waals surface area (Å²) >= 11 is 0. The van der Waals surface area contributed by atoms with E-state index in [1.54, 1.807) is 0 Å². The van der Waals surface area contributed by atoms with Crippen LogP contribution in [0, 0.1) is 0 Å². The molecule has 1 aromatic carbocycles. The predicted molar refractivity (Wildman–Crippen MR) is 74.8 cm³/mol. The molecule has 4 nitrogen and oxygen atoms in total. The molecule has 0 aromatic heterocycles. The maximum Gasteiger partial charge on any atom is 0.152 e. The normalized spacial score (nSPS) is 24.6. The number of morpholine rings is 1. The van der Waals surface area contributed by atoms with Gasteiger partial charge in [-0.1, -0.05) is 12.1 Å². The molecule has 1 atom stereocenters. The van der Waals surface area contributed by atoms with E-state index in [0.29, 0.717) is 6.04 Å². The van der Waals surface area contributed by atoms with Crippen LogP contribution < -0.4 is 4.90 Å². The largest absolute Gasteiger partial charge is 0.379 e. The molecular weight excluding hydrogens is 240 g/mol. The zero-order valence-corrected chi connectivity index (χ0v) is 11.1. The van der Waals surface area contributed by atoms with Crippen LogP contribution in [0.2, 0.25) is 0 Å². The van der Waals surface area contributed by atoms with E-state index in [9.17, 15) is 4.79 Å². The molecule has 0 amide bonds. The van der Waals surface area contributed by atoms with Crippen LogP contribution in [0.1, 0.15) is 16.8 Å². The molecule has 3 rings (SSSR count). The lowest BCUT2D eigenvalue weighted by Crippen LogP contribution is -2.44. The summed E-state index contributed by atoms with van der Waals surface area (Å²) in [5.74, 6) is 0. The number of anilines is 1. The molecule has 0 N–H and O–H groups in total. The summed E-state index contributed by atoms with van der Waals surface area (Å²) in [6.07, 6.45) is 2.13. The van der Waals surface area contributed by atoms with E-state index in [4.69, 9.17) is 4.74 Å². The summed E-state index contributed by atoms with van der Waals surface area (Å²) in [4.78, 5) is 16.0. The SMILES string of the molecule is O=Cc1ccccc1N1CCC(N2CCOCC2)C1. The highest BCUT2D eigenvalue weighted by Gasteiger charge is 2.29. The van der Waals surface area contributed by atoms with Crippen LogP contribution in [0.15, 0.2) is 24.3 Å². The minimum absolute atomic E-state index is 0.601. The average molecular weight is 260 g/mol. The van der Waals surface area contributed by atoms with Crippen molar-refractivity contribution in [1.29, 1.82) is 0 Å². The van der Waals surface area contributed by atoms with Crippen molar-refractivity contribution in [2.75, 3.05) is 44.3 Å². The first kappa shape index (κ1) is 12.6. The number of ether oxygens (including phenoxy) is 1. The van der Waals surface area contributed by atoms with Gasteiger partial charge in [-0.25, -0.2) is 0 Å². The number of benzene rings is 1. The van der Waals surface area contributed by atoms with Crippen molar-refractivity contribution < 1.29 is 9.53 Å². The Balaban J connectivity index is 1.69. The lowest BCUT2D eigenvalue weighted by Gasteiger charge is -2.32. The van der Waals surface area contributed by atoms with E-state index in [0.717, 1.165) is 56.9 Å². The molecule has 0 bridgehead atoms. The van der Waals surface area contributed by atoms with E-state index in [1.165, 1.54) is 6.42 Å². The molecule has 102 valence electrons. The Hall–Kier alpha value is -1.39. The van der Waals surface area contributed by atoms with Crippen molar-refractivity contribution in [3.8, 4) is 0 Å². The predicted octanol–water partition coefficient (Wildman–Crippen LogP) is 1.41. The summed E-state index contributed by atoms with van der Waals surface area (Å²) in [5.41, 5.74) is 1.87. The van der Waals surface area contributed by atoms with Gasteiger partial charge < -0.3 is 9.64 Å². The Morgan fingerprint density at radius 1 is 1.16 bits per heavy atom. The fourth-order valence-electron chi connectivity index (χ4n) is 3.08. The number of aldehydes is 1. The summed E-state index contributed by atoms with van der Waals surface area (Å²) in [5, 5.41) is 0. The first-order valence-electron chi connectivity index (χ1n) is 6.99. The van der Waals surface area contributed by atoms with Crippen molar-refractivity contribution >= 4 is 12.0 Å². The molecule has 0 spiro atoms. The standard InChI is InChI=1S/C15H20N2O2/c18-12-13-3-1-2-4-15(13)17-6-5-14(11-17)16-7-9-19-10-8-16/h1-4,12,14H,5-11H2. The molecule has 0 radical (unpaired) electrons. The molecule has 0 saturated carbocycles. The van der Waals surface area contributed by atoms with Crippen LogP contribution in [0.5, 0.6) is 0 Å². The number of rotatable bonds is 3. The van der Waals surface area contributed by atoms with Gasteiger partial charge >= 0.3 is 0 Å². The van der Waals surface area contributed by atoms with Gasteiger partial charge in [0.2, 0.25) is 0 Å². The van der Waals surface area contributed by atoms with Crippen molar-refractivity contribution in [2.45, 2.75) is 12.5 Å². The Labute approximate surface area is 113 Å². The Morgan fingerprint density at radius 3 is 2.74 bits per heavy atom. The van der Waals surface area contributed by atoms with Gasteiger partial charge in [-0.05, 0) is 18.6 Å². The van der Waals surface area contributed by atoms with Gasteiger partial charge in [-0.15, -0.1) is 0 Å². The minimum atomic E-state index is 0.601. The van der Waals surface area contributed by atoms with Gasteiger partial charge in [0.25, 0.3) is 0 Å². The summed E-state index contributed by atoms with van der Waals surface area (Å²) in [6, 6.07) is 8.46. The fraction of sp³-hybridized carbons (Fsp3) is 0.533. The van der Waals surface area contributed by atoms with Crippen molar-refractivity contribution in [1.82, 2.24) is 4.90 Å². The Morgan fingerprint density at radius 2 is 1.95 bits per heavy atom. The van der Waals surface area contributed by atoms with Crippen molar-refractivity contribution in [2.24, 2.45) is 0 Å². The van der Waals surface area contributed by atoms with E-state index in [2.05, 4.69) is 9.80 Å². The second-order valence-corrected chi connectivity index (χ2v) is 5.21. The quantitative estimate of drug-likeness (QED) is 0.769. The number of carbonyl (C=O) groups excluding carboxylic acids is 1. The third-order valence-electron chi connectivity index (χ3n) is 4.13. The molecule has 0 aliphatic carbocycles. The van der Waals surface area contributed by atoms with Crippen molar-refractivity contribution in [3.63, 3.8) is 0 Å². The Bertz CT molecular complexity index is 444. The van der Waals surface area contributed by atoms with Crippen LogP contribution in [0.4, 0.5) is 5.69 Å². The second kappa shape index (κ2) is 5.72. The maximum absolute atomic E-state index is 11.1. The minimum Gasteiger partial charge on any atom is -0.379 e.